The predicted octanol–water partition coefficient (Wildman–Crippen LogP) is 4.86. The fraction of sp³-hybridized carbons (Fsp3) is 0.600. The molecule has 1 aromatic carbocycles. The molecule has 1 aliphatic rings. The van der Waals surface area contributed by atoms with Gasteiger partial charge in [-0.15, -0.1) is 0 Å². The minimum atomic E-state index is 0.109. The number of hydrogen-bond acceptors (Lipinski definition) is 2. The van der Waals surface area contributed by atoms with Crippen LogP contribution in [0.5, 0.6) is 0 Å². The molecule has 0 amide bonds. The van der Waals surface area contributed by atoms with E-state index in [-0.39, 0.29) is 6.10 Å². The Morgan fingerprint density at radius 3 is 2.79 bits per heavy atom. The van der Waals surface area contributed by atoms with Crippen LogP contribution in [0.2, 0.25) is 0 Å². The third-order valence-electron chi connectivity index (χ3n) is 3.63. The largest absolute Gasteiger partial charge is 0.381 e. The molecular formula is C15H20Br2O2. The van der Waals surface area contributed by atoms with Crippen LogP contribution >= 0.6 is 31.9 Å². The first-order chi connectivity index (χ1) is 9.22. The molecule has 3 unspecified atom stereocenters. The maximum absolute atomic E-state index is 6.27. The number of rotatable bonds is 5. The van der Waals surface area contributed by atoms with Crippen molar-refractivity contribution in [1.29, 1.82) is 0 Å². The van der Waals surface area contributed by atoms with Crippen LogP contribution in [-0.4, -0.2) is 24.6 Å². The zero-order chi connectivity index (χ0) is 13.7. The highest BCUT2D eigenvalue weighted by atomic mass is 79.9. The standard InChI is InChI=1S/C15H20Br2O2/c1-18-13-6-3-7-14(9-13)19-15(10-16)11-4-2-5-12(17)8-11/h2,4-5,8,13-15H,3,6-7,9-10H2,1H3. The van der Waals surface area contributed by atoms with Gasteiger partial charge in [0.15, 0.2) is 0 Å². The van der Waals surface area contributed by atoms with Gasteiger partial charge in [-0.05, 0) is 43.4 Å². The molecule has 0 heterocycles. The maximum atomic E-state index is 6.27. The summed E-state index contributed by atoms with van der Waals surface area (Å²) in [5, 5.41) is 0.817. The molecule has 1 saturated carbocycles. The third kappa shape index (κ3) is 4.55. The minimum absolute atomic E-state index is 0.109. The molecule has 0 N–H and O–H groups in total. The first kappa shape index (κ1) is 15.5. The summed E-state index contributed by atoms with van der Waals surface area (Å²) >= 11 is 7.08. The average Bonchev–Trinajstić information content (AvgIpc) is 2.45. The molecule has 0 aliphatic heterocycles. The van der Waals surface area contributed by atoms with Crippen molar-refractivity contribution < 1.29 is 9.47 Å². The first-order valence-corrected chi connectivity index (χ1v) is 8.64. The number of hydrogen-bond donors (Lipinski definition) is 0. The minimum Gasteiger partial charge on any atom is -0.381 e. The fourth-order valence-corrected chi connectivity index (χ4v) is 3.53. The summed E-state index contributed by atoms with van der Waals surface area (Å²) in [5.41, 5.74) is 1.21. The molecule has 0 radical (unpaired) electrons. The second-order valence-corrected chi connectivity index (χ2v) is 6.54. The number of alkyl halides is 1. The molecule has 2 nitrogen and oxygen atoms in total. The summed E-state index contributed by atoms with van der Waals surface area (Å²) in [7, 11) is 1.79. The van der Waals surface area contributed by atoms with Crippen LogP contribution in [0.25, 0.3) is 0 Å². The van der Waals surface area contributed by atoms with Gasteiger partial charge in [-0.25, -0.2) is 0 Å². The fourth-order valence-electron chi connectivity index (χ4n) is 2.58. The molecule has 0 saturated heterocycles. The smallest absolute Gasteiger partial charge is 0.0925 e. The Morgan fingerprint density at radius 1 is 1.32 bits per heavy atom. The lowest BCUT2D eigenvalue weighted by molar-refractivity contribution is -0.0584. The Balaban J connectivity index is 1.99. The summed E-state index contributed by atoms with van der Waals surface area (Å²) in [4.78, 5) is 0. The van der Waals surface area contributed by atoms with E-state index in [9.17, 15) is 0 Å². The maximum Gasteiger partial charge on any atom is 0.0925 e. The molecule has 1 fully saturated rings. The Hall–Kier alpha value is 0.1000. The quantitative estimate of drug-likeness (QED) is 0.667. The van der Waals surface area contributed by atoms with Crippen molar-refractivity contribution in [2.45, 2.75) is 44.0 Å². The summed E-state index contributed by atoms with van der Waals surface area (Å²) in [6, 6.07) is 8.34. The molecule has 2 rings (SSSR count). The van der Waals surface area contributed by atoms with Gasteiger partial charge in [0.1, 0.15) is 0 Å². The zero-order valence-electron chi connectivity index (χ0n) is 11.1. The highest BCUT2D eigenvalue weighted by Gasteiger charge is 2.25. The summed E-state index contributed by atoms with van der Waals surface area (Å²) < 4.78 is 12.8. The van der Waals surface area contributed by atoms with Crippen LogP contribution in [0.1, 0.15) is 37.4 Å². The lowest BCUT2D eigenvalue weighted by Crippen LogP contribution is -2.29. The Bertz CT molecular complexity index is 397. The van der Waals surface area contributed by atoms with Crippen LogP contribution < -0.4 is 0 Å². The van der Waals surface area contributed by atoms with Crippen molar-refractivity contribution in [3.05, 3.63) is 34.3 Å². The van der Waals surface area contributed by atoms with Gasteiger partial charge in [0.25, 0.3) is 0 Å². The lowest BCUT2D eigenvalue weighted by atomic mass is 9.94. The van der Waals surface area contributed by atoms with Gasteiger partial charge >= 0.3 is 0 Å². The molecule has 3 atom stereocenters. The number of benzene rings is 1. The summed E-state index contributed by atoms with van der Waals surface area (Å²) in [5.74, 6) is 0. The Labute approximate surface area is 132 Å². The van der Waals surface area contributed by atoms with E-state index in [4.69, 9.17) is 9.47 Å². The Kier molecular flexibility index (Phi) is 6.33. The van der Waals surface area contributed by atoms with E-state index in [1.54, 1.807) is 7.11 Å². The van der Waals surface area contributed by atoms with E-state index in [1.165, 1.54) is 12.0 Å². The molecule has 4 heteroatoms. The van der Waals surface area contributed by atoms with Gasteiger partial charge in [-0.1, -0.05) is 44.0 Å². The van der Waals surface area contributed by atoms with Crippen LogP contribution in [0.3, 0.4) is 0 Å². The van der Waals surface area contributed by atoms with E-state index in [0.717, 1.165) is 29.1 Å². The highest BCUT2D eigenvalue weighted by molar-refractivity contribution is 9.10. The van der Waals surface area contributed by atoms with E-state index < -0.39 is 0 Å². The van der Waals surface area contributed by atoms with Crippen molar-refractivity contribution in [2.75, 3.05) is 12.4 Å². The monoisotopic (exact) mass is 390 g/mol. The van der Waals surface area contributed by atoms with E-state index >= 15 is 0 Å². The Morgan fingerprint density at radius 2 is 2.11 bits per heavy atom. The van der Waals surface area contributed by atoms with Crippen molar-refractivity contribution in [3.8, 4) is 0 Å². The second-order valence-electron chi connectivity index (χ2n) is 4.98. The van der Waals surface area contributed by atoms with Gasteiger partial charge in [-0.2, -0.15) is 0 Å². The lowest BCUT2D eigenvalue weighted by Gasteiger charge is -2.31. The van der Waals surface area contributed by atoms with Crippen LogP contribution in [0.4, 0.5) is 0 Å². The van der Waals surface area contributed by atoms with E-state index in [0.29, 0.717) is 12.2 Å². The topological polar surface area (TPSA) is 18.5 Å². The first-order valence-electron chi connectivity index (χ1n) is 6.72. The molecule has 19 heavy (non-hydrogen) atoms. The van der Waals surface area contributed by atoms with Crippen molar-refractivity contribution in [3.63, 3.8) is 0 Å². The van der Waals surface area contributed by atoms with Crippen molar-refractivity contribution in [2.24, 2.45) is 0 Å². The van der Waals surface area contributed by atoms with Gasteiger partial charge in [0, 0.05) is 16.9 Å². The van der Waals surface area contributed by atoms with Crippen molar-refractivity contribution in [1.82, 2.24) is 0 Å². The highest BCUT2D eigenvalue weighted by Crippen LogP contribution is 2.30. The third-order valence-corrected chi connectivity index (χ3v) is 4.71. The molecular weight excluding hydrogens is 372 g/mol. The summed E-state index contributed by atoms with van der Waals surface area (Å²) in [6.45, 7) is 0. The zero-order valence-corrected chi connectivity index (χ0v) is 14.3. The van der Waals surface area contributed by atoms with Gasteiger partial charge < -0.3 is 9.47 Å². The molecule has 1 aliphatic carbocycles. The number of ether oxygens (including phenoxy) is 2. The van der Waals surface area contributed by atoms with E-state index in [2.05, 4.69) is 50.1 Å². The molecule has 0 spiro atoms. The predicted molar refractivity (Wildman–Crippen MR) is 84.8 cm³/mol. The number of methoxy groups -OCH3 is 1. The second kappa shape index (κ2) is 7.77. The van der Waals surface area contributed by atoms with Crippen LogP contribution in [0.15, 0.2) is 28.7 Å². The number of halogens is 2. The van der Waals surface area contributed by atoms with Gasteiger partial charge in [0.05, 0.1) is 18.3 Å². The molecule has 106 valence electrons. The van der Waals surface area contributed by atoms with E-state index in [1.807, 2.05) is 6.07 Å². The van der Waals surface area contributed by atoms with Crippen LogP contribution in [-0.2, 0) is 9.47 Å². The molecule has 0 aromatic heterocycles. The van der Waals surface area contributed by atoms with Gasteiger partial charge in [0.2, 0.25) is 0 Å². The van der Waals surface area contributed by atoms with Crippen molar-refractivity contribution >= 4 is 31.9 Å². The normalized spacial score (nSPS) is 25.2. The average molecular weight is 392 g/mol. The van der Waals surface area contributed by atoms with Crippen LogP contribution in [0, 0.1) is 0 Å². The van der Waals surface area contributed by atoms with Gasteiger partial charge in [-0.3, -0.25) is 0 Å². The molecule has 0 bridgehead atoms. The SMILES string of the molecule is COC1CCCC(OC(CBr)c2cccc(Br)c2)C1. The molecule has 1 aromatic rings. The summed E-state index contributed by atoms with van der Waals surface area (Å²) in [6.07, 6.45) is 5.27.